The van der Waals surface area contributed by atoms with E-state index in [1.165, 1.54) is 6.08 Å². The molecule has 1 N–H and O–H groups in total. The fourth-order valence-electron chi connectivity index (χ4n) is 1.00. The first-order chi connectivity index (χ1) is 6.59. The number of carbonyl (C=O) groups is 1. The van der Waals surface area contributed by atoms with Crippen LogP contribution in [0.3, 0.4) is 0 Å². The highest BCUT2D eigenvalue weighted by molar-refractivity contribution is 5.80. The minimum Gasteiger partial charge on any atom is -0.478 e. The minimum absolute atomic E-state index is 0.762. The number of rotatable bonds is 3. The third kappa shape index (κ3) is 2.94. The van der Waals surface area contributed by atoms with Crippen molar-refractivity contribution < 1.29 is 14.3 Å². The summed E-state index contributed by atoms with van der Waals surface area (Å²) in [4.78, 5) is 10.2. The Morgan fingerprint density at radius 3 is 2.71 bits per heavy atom. The predicted molar refractivity (Wildman–Crippen MR) is 53.9 cm³/mol. The maximum atomic E-state index is 10.2. The lowest BCUT2D eigenvalue weighted by Crippen LogP contribution is -1.84. The smallest absolute Gasteiger partial charge is 0.328 e. The number of aryl methyl sites for hydroxylation is 1. The first-order valence-corrected chi connectivity index (χ1v) is 4.24. The Morgan fingerprint density at radius 2 is 2.21 bits per heavy atom. The lowest BCUT2D eigenvalue weighted by atomic mass is 10.2. The van der Waals surface area contributed by atoms with Crippen LogP contribution >= 0.6 is 0 Å². The maximum absolute atomic E-state index is 10.2. The highest BCUT2D eigenvalue weighted by atomic mass is 16.4. The van der Waals surface area contributed by atoms with Crippen molar-refractivity contribution in [3.63, 3.8) is 0 Å². The molecule has 1 rings (SSSR count). The predicted octanol–water partition coefficient (Wildman–Crippen LogP) is 2.63. The van der Waals surface area contributed by atoms with Crippen LogP contribution in [0.1, 0.15) is 18.4 Å². The number of aliphatic carboxylic acids is 1. The molecule has 1 aromatic heterocycles. The summed E-state index contributed by atoms with van der Waals surface area (Å²) in [5.74, 6) is 0.650. The van der Waals surface area contributed by atoms with Crippen LogP contribution in [-0.4, -0.2) is 11.1 Å². The van der Waals surface area contributed by atoms with E-state index in [0.717, 1.165) is 23.2 Å². The zero-order valence-electron chi connectivity index (χ0n) is 8.15. The highest BCUT2D eigenvalue weighted by Gasteiger charge is 1.98. The van der Waals surface area contributed by atoms with E-state index in [9.17, 15) is 4.79 Å². The van der Waals surface area contributed by atoms with Gasteiger partial charge in [0.2, 0.25) is 0 Å². The molecule has 1 aromatic rings. The molecule has 0 fully saturated rings. The average molecular weight is 192 g/mol. The molecule has 1 heterocycles. The molecule has 0 aromatic carbocycles. The van der Waals surface area contributed by atoms with Gasteiger partial charge in [-0.05, 0) is 31.6 Å². The van der Waals surface area contributed by atoms with E-state index in [0.29, 0.717) is 0 Å². The fraction of sp³-hybridized carbons (Fsp3) is 0.182. The Kier molecular flexibility index (Phi) is 3.29. The van der Waals surface area contributed by atoms with Crippen LogP contribution in [0.4, 0.5) is 0 Å². The van der Waals surface area contributed by atoms with Gasteiger partial charge in [0.15, 0.2) is 0 Å². The molecule has 0 aliphatic carbocycles. The highest BCUT2D eigenvalue weighted by Crippen LogP contribution is 2.16. The molecule has 0 aliphatic rings. The molecule has 0 aliphatic heterocycles. The van der Waals surface area contributed by atoms with Gasteiger partial charge in [0.25, 0.3) is 0 Å². The lowest BCUT2D eigenvalue weighted by molar-refractivity contribution is -0.131. The first-order valence-electron chi connectivity index (χ1n) is 4.24. The van der Waals surface area contributed by atoms with Gasteiger partial charge in [-0.15, -0.1) is 0 Å². The van der Waals surface area contributed by atoms with Crippen molar-refractivity contribution in [2.45, 2.75) is 13.8 Å². The van der Waals surface area contributed by atoms with E-state index in [2.05, 4.69) is 0 Å². The number of allylic oxidation sites excluding steroid dienone is 3. The summed E-state index contributed by atoms with van der Waals surface area (Å²) >= 11 is 0. The van der Waals surface area contributed by atoms with Crippen LogP contribution in [0.5, 0.6) is 0 Å². The Morgan fingerprint density at radius 1 is 1.50 bits per heavy atom. The molecule has 0 spiro atoms. The van der Waals surface area contributed by atoms with E-state index in [1.807, 2.05) is 26.0 Å². The van der Waals surface area contributed by atoms with Gasteiger partial charge in [0.05, 0.1) is 0 Å². The molecule has 0 saturated carbocycles. The van der Waals surface area contributed by atoms with Gasteiger partial charge >= 0.3 is 5.97 Å². The number of hydrogen-bond acceptors (Lipinski definition) is 2. The fourth-order valence-corrected chi connectivity index (χ4v) is 1.00. The standard InChI is InChI=1S/C11H12O3/c1-8(4-3-5-11(12)13)10-7-6-9(2)14-10/h3-7H,1-2H3,(H,12,13)/b5-3+,8-4+. The van der Waals surface area contributed by atoms with Gasteiger partial charge in [-0.25, -0.2) is 4.79 Å². The average Bonchev–Trinajstić information content (AvgIpc) is 2.51. The summed E-state index contributed by atoms with van der Waals surface area (Å²) < 4.78 is 5.35. The molecule has 0 atom stereocenters. The van der Waals surface area contributed by atoms with Crippen molar-refractivity contribution in [2.24, 2.45) is 0 Å². The van der Waals surface area contributed by atoms with E-state index >= 15 is 0 Å². The van der Waals surface area contributed by atoms with Crippen LogP contribution in [0.15, 0.2) is 34.8 Å². The first kappa shape index (κ1) is 10.3. The van der Waals surface area contributed by atoms with Gasteiger partial charge in [-0.1, -0.05) is 12.2 Å². The number of carboxylic acid groups (broad SMARTS) is 1. The largest absolute Gasteiger partial charge is 0.478 e. The Balaban J connectivity index is 2.75. The van der Waals surface area contributed by atoms with E-state index in [4.69, 9.17) is 9.52 Å². The Labute approximate surface area is 82.4 Å². The van der Waals surface area contributed by atoms with Crippen LogP contribution in [-0.2, 0) is 4.79 Å². The van der Waals surface area contributed by atoms with Crippen molar-refractivity contribution in [1.29, 1.82) is 0 Å². The molecule has 74 valence electrons. The van der Waals surface area contributed by atoms with Gasteiger partial charge in [0.1, 0.15) is 11.5 Å². The van der Waals surface area contributed by atoms with Gasteiger partial charge in [0, 0.05) is 6.08 Å². The third-order valence-electron chi connectivity index (χ3n) is 1.71. The Bertz CT molecular complexity index is 383. The zero-order valence-corrected chi connectivity index (χ0v) is 8.15. The molecule has 0 bridgehead atoms. The summed E-state index contributed by atoms with van der Waals surface area (Å²) in [5, 5.41) is 8.36. The molecule has 14 heavy (non-hydrogen) atoms. The molecule has 0 radical (unpaired) electrons. The molecule has 0 unspecified atom stereocenters. The maximum Gasteiger partial charge on any atom is 0.328 e. The van der Waals surface area contributed by atoms with Gasteiger partial charge < -0.3 is 9.52 Å². The van der Waals surface area contributed by atoms with Crippen LogP contribution in [0, 0.1) is 6.92 Å². The number of carboxylic acids is 1. The van der Waals surface area contributed by atoms with Crippen molar-refractivity contribution in [3.8, 4) is 0 Å². The summed E-state index contributed by atoms with van der Waals surface area (Å²) in [7, 11) is 0. The lowest BCUT2D eigenvalue weighted by Gasteiger charge is -1.92. The molecular weight excluding hydrogens is 180 g/mol. The normalized spacial score (nSPS) is 12.3. The summed E-state index contributed by atoms with van der Waals surface area (Å²) in [6, 6.07) is 3.73. The van der Waals surface area contributed by atoms with Crippen LogP contribution < -0.4 is 0 Å². The van der Waals surface area contributed by atoms with Crippen LogP contribution in [0.2, 0.25) is 0 Å². The van der Waals surface area contributed by atoms with Crippen molar-refractivity contribution >= 4 is 11.5 Å². The van der Waals surface area contributed by atoms with E-state index in [1.54, 1.807) is 6.08 Å². The zero-order chi connectivity index (χ0) is 10.6. The topological polar surface area (TPSA) is 50.4 Å². The van der Waals surface area contributed by atoms with Crippen molar-refractivity contribution in [3.05, 3.63) is 41.9 Å². The second-order valence-corrected chi connectivity index (χ2v) is 2.96. The quantitative estimate of drug-likeness (QED) is 0.591. The molecule has 0 amide bonds. The van der Waals surface area contributed by atoms with Crippen molar-refractivity contribution in [2.75, 3.05) is 0 Å². The summed E-state index contributed by atoms with van der Waals surface area (Å²) in [6.45, 7) is 3.73. The summed E-state index contributed by atoms with van der Waals surface area (Å²) in [5.41, 5.74) is 0.899. The monoisotopic (exact) mass is 192 g/mol. The van der Waals surface area contributed by atoms with Gasteiger partial charge in [-0.2, -0.15) is 0 Å². The second-order valence-electron chi connectivity index (χ2n) is 2.96. The molecule has 3 nitrogen and oxygen atoms in total. The van der Waals surface area contributed by atoms with E-state index < -0.39 is 5.97 Å². The van der Waals surface area contributed by atoms with Gasteiger partial charge in [-0.3, -0.25) is 0 Å². The third-order valence-corrected chi connectivity index (χ3v) is 1.71. The Hall–Kier alpha value is -1.77. The number of hydrogen-bond donors (Lipinski definition) is 1. The van der Waals surface area contributed by atoms with Crippen molar-refractivity contribution in [1.82, 2.24) is 0 Å². The van der Waals surface area contributed by atoms with E-state index in [-0.39, 0.29) is 0 Å². The molecule has 0 saturated heterocycles. The molecular formula is C11H12O3. The summed E-state index contributed by atoms with van der Waals surface area (Å²) in [6.07, 6.45) is 4.27. The number of furan rings is 1. The second kappa shape index (κ2) is 4.46. The molecule has 3 heteroatoms. The minimum atomic E-state index is -0.954. The van der Waals surface area contributed by atoms with Crippen LogP contribution in [0.25, 0.3) is 5.57 Å². The SMILES string of the molecule is C/C(=C\C=C\C(=O)O)c1ccc(C)o1.